The highest BCUT2D eigenvalue weighted by Gasteiger charge is 2.32. The third kappa shape index (κ3) is 3.39. The number of likely N-dealkylation sites (tertiary alicyclic amines) is 1. The second kappa shape index (κ2) is 6.07. The van der Waals surface area contributed by atoms with Crippen LogP contribution in [0.2, 0.25) is 0 Å². The number of fused-ring (bicyclic) bond motifs is 1. The van der Waals surface area contributed by atoms with E-state index < -0.39 is 11.6 Å². The molecule has 0 aromatic heterocycles. The van der Waals surface area contributed by atoms with Gasteiger partial charge in [0.15, 0.2) is 0 Å². The number of amides is 1. The molecule has 2 N–H and O–H groups in total. The van der Waals surface area contributed by atoms with Crippen LogP contribution in [0.1, 0.15) is 12.8 Å². The van der Waals surface area contributed by atoms with Gasteiger partial charge in [-0.25, -0.2) is 8.78 Å². The molecule has 114 valence electrons. The predicted octanol–water partition coefficient (Wildman–Crippen LogP) is 1.59. The zero-order valence-corrected chi connectivity index (χ0v) is 11.7. The second-order valence-corrected chi connectivity index (χ2v) is 5.81. The molecule has 6 heteroatoms. The molecule has 3 rings (SSSR count). The first-order valence-corrected chi connectivity index (χ1v) is 7.32. The van der Waals surface area contributed by atoms with Crippen molar-refractivity contribution in [1.82, 2.24) is 10.2 Å². The molecule has 1 amide bonds. The molecule has 2 heterocycles. The van der Waals surface area contributed by atoms with Crippen LogP contribution in [-0.4, -0.2) is 43.0 Å². The van der Waals surface area contributed by atoms with Gasteiger partial charge in [-0.15, -0.1) is 0 Å². The molecule has 0 aliphatic carbocycles. The largest absolute Gasteiger partial charge is 0.322 e. The summed E-state index contributed by atoms with van der Waals surface area (Å²) >= 11 is 0. The third-order valence-corrected chi connectivity index (χ3v) is 4.31. The van der Waals surface area contributed by atoms with Crippen molar-refractivity contribution < 1.29 is 13.6 Å². The highest BCUT2D eigenvalue weighted by molar-refractivity contribution is 5.92. The lowest BCUT2D eigenvalue weighted by Gasteiger charge is -2.34. The lowest BCUT2D eigenvalue weighted by atomic mass is 9.93. The normalized spacial score (nSPS) is 25.6. The number of rotatable bonds is 3. The maximum absolute atomic E-state index is 13.5. The molecular formula is C15H19F2N3O. The highest BCUT2D eigenvalue weighted by atomic mass is 19.1. The molecule has 2 aliphatic heterocycles. The Kier molecular flexibility index (Phi) is 4.17. The van der Waals surface area contributed by atoms with E-state index >= 15 is 0 Å². The maximum atomic E-state index is 13.5. The molecule has 0 bridgehead atoms. The molecule has 4 nitrogen and oxygen atoms in total. The summed E-state index contributed by atoms with van der Waals surface area (Å²) in [6.45, 7) is 3.07. The number of nitrogens with one attached hydrogen (secondary N) is 2. The summed E-state index contributed by atoms with van der Waals surface area (Å²) in [5.41, 5.74) is 0.0267. The summed E-state index contributed by atoms with van der Waals surface area (Å²) in [5, 5.41) is 5.98. The molecule has 2 aliphatic rings. The van der Waals surface area contributed by atoms with E-state index in [0.717, 1.165) is 44.6 Å². The van der Waals surface area contributed by atoms with Crippen LogP contribution in [0.3, 0.4) is 0 Å². The minimum absolute atomic E-state index is 0.0267. The summed E-state index contributed by atoms with van der Waals surface area (Å²) < 4.78 is 26.3. The van der Waals surface area contributed by atoms with Gasteiger partial charge in [0.05, 0.1) is 12.2 Å². The fraction of sp³-hybridized carbons (Fsp3) is 0.533. The summed E-state index contributed by atoms with van der Waals surface area (Å²) in [7, 11) is 0. The van der Waals surface area contributed by atoms with Crippen molar-refractivity contribution in [2.24, 2.45) is 5.92 Å². The first-order valence-electron chi connectivity index (χ1n) is 7.32. The van der Waals surface area contributed by atoms with Gasteiger partial charge in [-0.05, 0) is 37.4 Å². The fourth-order valence-electron chi connectivity index (χ4n) is 3.25. The molecule has 1 aromatic rings. The fourth-order valence-corrected chi connectivity index (χ4v) is 3.25. The number of hydrogen-bond donors (Lipinski definition) is 2. The lowest BCUT2D eigenvalue weighted by Crippen LogP contribution is -2.46. The van der Waals surface area contributed by atoms with Gasteiger partial charge in [0.25, 0.3) is 0 Å². The van der Waals surface area contributed by atoms with Gasteiger partial charge in [0.2, 0.25) is 5.91 Å². The highest BCUT2D eigenvalue weighted by Crippen LogP contribution is 2.24. The van der Waals surface area contributed by atoms with E-state index in [4.69, 9.17) is 0 Å². The number of halogens is 2. The van der Waals surface area contributed by atoms with Crippen LogP contribution in [0.25, 0.3) is 0 Å². The van der Waals surface area contributed by atoms with Crippen molar-refractivity contribution in [2.75, 3.05) is 31.5 Å². The van der Waals surface area contributed by atoms with Gasteiger partial charge in [-0.2, -0.15) is 0 Å². The van der Waals surface area contributed by atoms with Gasteiger partial charge in [-0.3, -0.25) is 9.69 Å². The van der Waals surface area contributed by atoms with Gasteiger partial charge < -0.3 is 10.6 Å². The van der Waals surface area contributed by atoms with E-state index in [9.17, 15) is 13.6 Å². The van der Waals surface area contributed by atoms with Crippen molar-refractivity contribution in [2.45, 2.75) is 18.9 Å². The Balaban J connectivity index is 1.54. The molecule has 21 heavy (non-hydrogen) atoms. The minimum Gasteiger partial charge on any atom is -0.322 e. The van der Waals surface area contributed by atoms with Crippen LogP contribution >= 0.6 is 0 Å². The Bertz CT molecular complexity index is 538. The first-order chi connectivity index (χ1) is 10.1. The van der Waals surface area contributed by atoms with Crippen LogP contribution in [-0.2, 0) is 4.79 Å². The zero-order valence-electron chi connectivity index (χ0n) is 11.7. The molecule has 2 unspecified atom stereocenters. The number of piperidine rings is 1. The Morgan fingerprint density at radius 1 is 1.38 bits per heavy atom. The van der Waals surface area contributed by atoms with Crippen LogP contribution in [0.5, 0.6) is 0 Å². The quantitative estimate of drug-likeness (QED) is 0.890. The predicted molar refractivity (Wildman–Crippen MR) is 75.9 cm³/mol. The van der Waals surface area contributed by atoms with Crippen molar-refractivity contribution in [1.29, 1.82) is 0 Å². The van der Waals surface area contributed by atoms with Crippen molar-refractivity contribution in [3.05, 3.63) is 29.8 Å². The number of anilines is 1. The summed E-state index contributed by atoms with van der Waals surface area (Å²) in [6, 6.07) is 3.73. The Morgan fingerprint density at radius 2 is 2.24 bits per heavy atom. The van der Waals surface area contributed by atoms with Crippen LogP contribution < -0.4 is 10.6 Å². The Labute approximate surface area is 122 Å². The summed E-state index contributed by atoms with van der Waals surface area (Å²) in [5.74, 6) is -1.05. The molecule has 2 atom stereocenters. The average Bonchev–Trinajstić information content (AvgIpc) is 2.89. The van der Waals surface area contributed by atoms with E-state index in [2.05, 4.69) is 15.5 Å². The van der Waals surface area contributed by atoms with Crippen molar-refractivity contribution >= 4 is 11.6 Å². The summed E-state index contributed by atoms with van der Waals surface area (Å²) in [4.78, 5) is 14.1. The Hall–Kier alpha value is -1.53. The Morgan fingerprint density at radius 3 is 3.05 bits per heavy atom. The average molecular weight is 295 g/mol. The van der Waals surface area contributed by atoms with Gasteiger partial charge in [-0.1, -0.05) is 0 Å². The standard InChI is InChI=1S/C15H19F2N3O/c16-11-1-2-14(12(17)7-11)19-15(21)9-20-6-4-13-10(8-20)3-5-18-13/h1-2,7,10,13,18H,3-6,8-9H2,(H,19,21). The topological polar surface area (TPSA) is 44.4 Å². The minimum atomic E-state index is -0.748. The van der Waals surface area contributed by atoms with Gasteiger partial charge >= 0.3 is 0 Å². The number of hydrogen-bond acceptors (Lipinski definition) is 3. The van der Waals surface area contributed by atoms with E-state index in [1.807, 2.05) is 0 Å². The molecule has 0 spiro atoms. The van der Waals surface area contributed by atoms with E-state index in [1.165, 1.54) is 6.07 Å². The first kappa shape index (κ1) is 14.4. The van der Waals surface area contributed by atoms with Gasteiger partial charge in [0, 0.05) is 25.2 Å². The second-order valence-electron chi connectivity index (χ2n) is 5.81. The van der Waals surface area contributed by atoms with Crippen molar-refractivity contribution in [3.63, 3.8) is 0 Å². The van der Waals surface area contributed by atoms with Crippen LogP contribution in [0.15, 0.2) is 18.2 Å². The van der Waals surface area contributed by atoms with Gasteiger partial charge in [0.1, 0.15) is 11.6 Å². The van der Waals surface area contributed by atoms with Crippen LogP contribution in [0.4, 0.5) is 14.5 Å². The molecule has 0 saturated carbocycles. The molecule has 2 saturated heterocycles. The van der Waals surface area contributed by atoms with E-state index in [-0.39, 0.29) is 18.1 Å². The number of carbonyl (C=O) groups is 1. The smallest absolute Gasteiger partial charge is 0.238 e. The molecule has 2 fully saturated rings. The maximum Gasteiger partial charge on any atom is 0.238 e. The van der Waals surface area contributed by atoms with Crippen molar-refractivity contribution in [3.8, 4) is 0 Å². The zero-order chi connectivity index (χ0) is 14.8. The molecule has 0 radical (unpaired) electrons. The van der Waals surface area contributed by atoms with Crippen LogP contribution in [0, 0.1) is 17.6 Å². The van der Waals surface area contributed by atoms with E-state index in [0.29, 0.717) is 12.0 Å². The molecular weight excluding hydrogens is 276 g/mol. The third-order valence-electron chi connectivity index (χ3n) is 4.31. The monoisotopic (exact) mass is 295 g/mol. The number of benzene rings is 1. The summed E-state index contributed by atoms with van der Waals surface area (Å²) in [6.07, 6.45) is 2.19. The SMILES string of the molecule is O=C(CN1CCC2NCCC2C1)Nc1ccc(F)cc1F. The lowest BCUT2D eigenvalue weighted by molar-refractivity contribution is -0.117. The number of nitrogens with zero attached hydrogens (tertiary/aromatic N) is 1. The van der Waals surface area contributed by atoms with E-state index in [1.54, 1.807) is 0 Å². The number of carbonyl (C=O) groups excluding carboxylic acids is 1. The molecule has 1 aromatic carbocycles.